The van der Waals surface area contributed by atoms with Crippen molar-refractivity contribution < 1.29 is 17.6 Å². The maximum Gasteiger partial charge on any atom is 0.264 e. The highest BCUT2D eigenvalue weighted by molar-refractivity contribution is 7.98. The van der Waals surface area contributed by atoms with Crippen LogP contribution in [0, 0.1) is 5.82 Å². The summed E-state index contributed by atoms with van der Waals surface area (Å²) in [5.41, 5.74) is 0.846. The lowest BCUT2D eigenvalue weighted by atomic mass is 10.3. The van der Waals surface area contributed by atoms with Crippen molar-refractivity contribution in [2.24, 2.45) is 0 Å². The van der Waals surface area contributed by atoms with Crippen LogP contribution in [0.1, 0.15) is 5.56 Å². The van der Waals surface area contributed by atoms with Crippen LogP contribution >= 0.6 is 11.8 Å². The van der Waals surface area contributed by atoms with E-state index in [4.69, 9.17) is 0 Å². The van der Waals surface area contributed by atoms with Crippen molar-refractivity contribution in [3.05, 3.63) is 84.4 Å². The molecule has 3 rings (SSSR count). The quantitative estimate of drug-likeness (QED) is 0.537. The van der Waals surface area contributed by atoms with Gasteiger partial charge in [-0.25, -0.2) is 12.8 Å². The molecule has 0 atom stereocenters. The third kappa shape index (κ3) is 5.37. The van der Waals surface area contributed by atoms with Gasteiger partial charge in [0.2, 0.25) is 5.91 Å². The summed E-state index contributed by atoms with van der Waals surface area (Å²) in [6.45, 7) is -0.289. The predicted octanol–water partition coefficient (Wildman–Crippen LogP) is 3.45. The van der Waals surface area contributed by atoms with Crippen LogP contribution in [-0.4, -0.2) is 32.1 Å². The summed E-state index contributed by atoms with van der Waals surface area (Å²) in [6.07, 6.45) is 5.11. The van der Waals surface area contributed by atoms with Crippen molar-refractivity contribution in [2.75, 3.05) is 17.1 Å². The van der Waals surface area contributed by atoms with Gasteiger partial charge in [0.15, 0.2) is 0 Å². The number of halogens is 1. The number of pyridine rings is 1. The number of amides is 1. The maximum absolute atomic E-state index is 13.8. The summed E-state index contributed by atoms with van der Waals surface area (Å²) in [5.74, 6) is -1.12. The van der Waals surface area contributed by atoms with Crippen LogP contribution in [0.25, 0.3) is 0 Å². The van der Waals surface area contributed by atoms with Gasteiger partial charge in [0.1, 0.15) is 12.4 Å². The van der Waals surface area contributed by atoms with Crippen LogP contribution in [0.4, 0.5) is 10.1 Å². The number of hydrogen-bond donors (Lipinski definition) is 1. The number of carbonyl (C=O) groups is 1. The Labute approximate surface area is 179 Å². The summed E-state index contributed by atoms with van der Waals surface area (Å²) in [5, 5.41) is 2.67. The van der Waals surface area contributed by atoms with Gasteiger partial charge >= 0.3 is 0 Å². The van der Waals surface area contributed by atoms with Crippen LogP contribution < -0.4 is 9.62 Å². The minimum Gasteiger partial charge on any atom is -0.350 e. The Bertz CT molecular complexity index is 1110. The maximum atomic E-state index is 13.8. The van der Waals surface area contributed by atoms with Gasteiger partial charge in [-0.3, -0.25) is 14.1 Å². The predicted molar refractivity (Wildman–Crippen MR) is 115 cm³/mol. The summed E-state index contributed by atoms with van der Waals surface area (Å²) in [4.78, 5) is 17.4. The van der Waals surface area contributed by atoms with Crippen LogP contribution in [0.2, 0.25) is 0 Å². The zero-order chi connectivity index (χ0) is 21.6. The molecule has 1 N–H and O–H groups in total. The molecular formula is C21H20FN3O3S2. The topological polar surface area (TPSA) is 79.4 Å². The van der Waals surface area contributed by atoms with E-state index in [2.05, 4.69) is 10.3 Å². The number of nitrogens with one attached hydrogen (secondary N) is 1. The van der Waals surface area contributed by atoms with Crippen LogP contribution in [0.15, 0.2) is 82.8 Å². The van der Waals surface area contributed by atoms with Gasteiger partial charge in [-0.1, -0.05) is 12.1 Å². The second-order valence-electron chi connectivity index (χ2n) is 6.31. The summed E-state index contributed by atoms with van der Waals surface area (Å²) >= 11 is 1.48. The summed E-state index contributed by atoms with van der Waals surface area (Å²) in [6, 6.07) is 15.0. The number of nitrogens with zero attached hydrogens (tertiary/aromatic N) is 2. The Balaban J connectivity index is 1.87. The van der Waals surface area contributed by atoms with E-state index >= 15 is 0 Å². The first-order chi connectivity index (χ1) is 14.4. The van der Waals surface area contributed by atoms with Gasteiger partial charge in [-0.15, -0.1) is 11.8 Å². The normalized spacial score (nSPS) is 11.1. The molecule has 1 aromatic heterocycles. The minimum atomic E-state index is -4.09. The van der Waals surface area contributed by atoms with E-state index in [0.717, 1.165) is 20.8 Å². The second kappa shape index (κ2) is 9.73. The molecule has 0 unspecified atom stereocenters. The molecule has 1 heterocycles. The van der Waals surface area contributed by atoms with Crippen molar-refractivity contribution in [1.82, 2.24) is 10.3 Å². The van der Waals surface area contributed by atoms with E-state index < -0.39 is 28.3 Å². The molecule has 0 aliphatic carbocycles. The standard InChI is InChI=1S/C21H20FN3O3S2/c1-29-19-7-9-20(10-8-19)30(27,28)25(18-6-2-5-17(22)12-18)15-21(26)24-14-16-4-3-11-23-13-16/h2-13H,14-15H2,1H3,(H,24,26). The fourth-order valence-corrected chi connectivity index (χ4v) is 4.53. The number of sulfonamides is 1. The zero-order valence-corrected chi connectivity index (χ0v) is 17.8. The molecule has 2 aromatic carbocycles. The molecule has 0 aliphatic rings. The Hall–Kier alpha value is -2.91. The van der Waals surface area contributed by atoms with Gasteiger partial charge < -0.3 is 5.32 Å². The van der Waals surface area contributed by atoms with E-state index in [1.807, 2.05) is 6.26 Å². The fraction of sp³-hybridized carbons (Fsp3) is 0.143. The van der Waals surface area contributed by atoms with E-state index in [1.54, 1.807) is 36.7 Å². The number of anilines is 1. The second-order valence-corrected chi connectivity index (χ2v) is 9.05. The van der Waals surface area contributed by atoms with E-state index in [1.165, 1.54) is 42.1 Å². The van der Waals surface area contributed by atoms with E-state index in [9.17, 15) is 17.6 Å². The summed E-state index contributed by atoms with van der Waals surface area (Å²) in [7, 11) is -4.09. The van der Waals surface area contributed by atoms with Gasteiger partial charge in [-0.05, 0) is 60.4 Å². The highest BCUT2D eigenvalue weighted by Gasteiger charge is 2.27. The first kappa shape index (κ1) is 21.8. The van der Waals surface area contributed by atoms with Gasteiger partial charge in [-0.2, -0.15) is 0 Å². The molecule has 6 nitrogen and oxygen atoms in total. The molecule has 0 aliphatic heterocycles. The molecule has 30 heavy (non-hydrogen) atoms. The van der Waals surface area contributed by atoms with E-state index in [-0.39, 0.29) is 17.1 Å². The largest absolute Gasteiger partial charge is 0.350 e. The van der Waals surface area contributed by atoms with Crippen molar-refractivity contribution in [1.29, 1.82) is 0 Å². The average Bonchev–Trinajstić information content (AvgIpc) is 2.76. The van der Waals surface area contributed by atoms with Gasteiger partial charge in [0.05, 0.1) is 10.6 Å². The van der Waals surface area contributed by atoms with E-state index in [0.29, 0.717) is 0 Å². The Morgan fingerprint density at radius 3 is 2.53 bits per heavy atom. The van der Waals surface area contributed by atoms with Crippen molar-refractivity contribution in [3.63, 3.8) is 0 Å². The first-order valence-electron chi connectivity index (χ1n) is 8.98. The molecule has 0 spiro atoms. The lowest BCUT2D eigenvalue weighted by molar-refractivity contribution is -0.119. The zero-order valence-electron chi connectivity index (χ0n) is 16.2. The number of thioether (sulfide) groups is 1. The number of aromatic nitrogens is 1. The van der Waals surface area contributed by atoms with Crippen LogP contribution in [-0.2, 0) is 21.4 Å². The third-order valence-electron chi connectivity index (χ3n) is 4.24. The van der Waals surface area contributed by atoms with Crippen molar-refractivity contribution >= 4 is 33.4 Å². The SMILES string of the molecule is CSc1ccc(S(=O)(=O)N(CC(=O)NCc2cccnc2)c2cccc(F)c2)cc1. The monoisotopic (exact) mass is 445 g/mol. The number of rotatable bonds is 8. The van der Waals surface area contributed by atoms with Crippen molar-refractivity contribution in [3.8, 4) is 0 Å². The highest BCUT2D eigenvalue weighted by Crippen LogP contribution is 2.26. The third-order valence-corrected chi connectivity index (χ3v) is 6.77. The molecule has 0 fully saturated rings. The molecule has 0 saturated carbocycles. The Morgan fingerprint density at radius 2 is 1.90 bits per heavy atom. The number of hydrogen-bond acceptors (Lipinski definition) is 5. The average molecular weight is 446 g/mol. The first-order valence-corrected chi connectivity index (χ1v) is 11.6. The smallest absolute Gasteiger partial charge is 0.264 e. The Morgan fingerprint density at radius 1 is 1.13 bits per heavy atom. The minimum absolute atomic E-state index is 0.0182. The lowest BCUT2D eigenvalue weighted by Gasteiger charge is -2.24. The lowest BCUT2D eigenvalue weighted by Crippen LogP contribution is -2.40. The number of carbonyl (C=O) groups excluding carboxylic acids is 1. The molecular weight excluding hydrogens is 425 g/mol. The molecule has 0 bridgehead atoms. The molecule has 0 radical (unpaired) electrons. The van der Waals surface area contributed by atoms with Gasteiger partial charge in [0, 0.05) is 23.8 Å². The molecule has 9 heteroatoms. The highest BCUT2D eigenvalue weighted by atomic mass is 32.2. The van der Waals surface area contributed by atoms with Gasteiger partial charge in [0.25, 0.3) is 10.0 Å². The van der Waals surface area contributed by atoms with Crippen LogP contribution in [0.5, 0.6) is 0 Å². The fourth-order valence-electron chi connectivity index (χ4n) is 2.71. The molecule has 0 saturated heterocycles. The Kier molecular flexibility index (Phi) is 7.07. The summed E-state index contributed by atoms with van der Waals surface area (Å²) < 4.78 is 41.2. The molecule has 3 aromatic rings. The van der Waals surface area contributed by atoms with Crippen LogP contribution in [0.3, 0.4) is 0 Å². The number of benzene rings is 2. The molecule has 1 amide bonds. The molecule has 156 valence electrons. The van der Waals surface area contributed by atoms with Crippen molar-refractivity contribution in [2.45, 2.75) is 16.3 Å².